The zero-order valence-electron chi connectivity index (χ0n) is 26.7. The van der Waals surface area contributed by atoms with Crippen molar-refractivity contribution in [2.45, 2.75) is 39.3 Å². The molecule has 0 atom stereocenters. The van der Waals surface area contributed by atoms with Gasteiger partial charge in [-0.15, -0.1) is 0 Å². The number of nitrogens with zero attached hydrogens (tertiary/aromatic N) is 4. The summed E-state index contributed by atoms with van der Waals surface area (Å²) in [5.74, 6) is 2.93. The predicted octanol–water partition coefficient (Wildman–Crippen LogP) is 4.60. The maximum atomic E-state index is 13.1. The van der Waals surface area contributed by atoms with Crippen LogP contribution in [0.4, 0.5) is 16.3 Å². The van der Waals surface area contributed by atoms with Crippen LogP contribution in [-0.4, -0.2) is 105 Å². The Morgan fingerprint density at radius 1 is 1.00 bits per heavy atom. The minimum absolute atomic E-state index is 0.131. The van der Waals surface area contributed by atoms with Gasteiger partial charge in [0.15, 0.2) is 23.0 Å². The molecule has 3 heterocycles. The number of nitrogens with one attached hydrogen (secondary N) is 1. The molecule has 244 valence electrons. The zero-order chi connectivity index (χ0) is 31.8. The van der Waals surface area contributed by atoms with Gasteiger partial charge in [0.2, 0.25) is 6.79 Å². The van der Waals surface area contributed by atoms with Crippen LogP contribution in [0.25, 0.3) is 10.9 Å². The van der Waals surface area contributed by atoms with Crippen LogP contribution in [0.1, 0.15) is 32.8 Å². The molecule has 45 heavy (non-hydrogen) atoms. The topological polar surface area (TPSA) is 126 Å². The van der Waals surface area contributed by atoms with Crippen LogP contribution in [0, 0.1) is 0 Å². The Morgan fingerprint density at radius 3 is 2.67 bits per heavy atom. The van der Waals surface area contributed by atoms with Gasteiger partial charge in [0.1, 0.15) is 24.4 Å². The third-order valence-electron chi connectivity index (χ3n) is 7.16. The number of carbonyl (C=O) groups excluding carboxylic acids is 1. The highest BCUT2D eigenvalue weighted by Gasteiger charge is 2.25. The lowest BCUT2D eigenvalue weighted by atomic mass is 10.1. The van der Waals surface area contributed by atoms with Gasteiger partial charge >= 0.3 is 6.09 Å². The van der Waals surface area contributed by atoms with E-state index in [4.69, 9.17) is 33.2 Å². The number of aromatic nitrogens is 2. The van der Waals surface area contributed by atoms with Gasteiger partial charge in [0.05, 0.1) is 37.6 Å². The van der Waals surface area contributed by atoms with E-state index in [1.165, 1.54) is 6.33 Å². The van der Waals surface area contributed by atoms with E-state index in [-0.39, 0.29) is 12.9 Å². The molecule has 0 radical (unpaired) electrons. The molecule has 0 saturated carbocycles. The second kappa shape index (κ2) is 14.8. The van der Waals surface area contributed by atoms with Crippen molar-refractivity contribution in [2.75, 3.05) is 78.9 Å². The van der Waals surface area contributed by atoms with E-state index < -0.39 is 5.60 Å². The molecule has 1 aromatic heterocycles. The lowest BCUT2D eigenvalue weighted by Crippen LogP contribution is -2.41. The Kier molecular flexibility index (Phi) is 10.6. The molecule has 1 N–H and O–H groups in total. The van der Waals surface area contributed by atoms with E-state index in [2.05, 4.69) is 20.2 Å². The fourth-order valence-corrected chi connectivity index (χ4v) is 4.96. The molecule has 0 spiro atoms. The molecule has 5 rings (SSSR count). The molecular formula is C32H43N5O8. The number of rotatable bonds is 7. The van der Waals surface area contributed by atoms with Gasteiger partial charge in [0, 0.05) is 44.7 Å². The smallest absolute Gasteiger partial charge is 0.410 e. The Balaban J connectivity index is 1.49. The molecule has 0 saturated heterocycles. The largest absolute Gasteiger partial charge is 0.490 e. The summed E-state index contributed by atoms with van der Waals surface area (Å²) in [6, 6.07) is 7.64. The van der Waals surface area contributed by atoms with Crippen LogP contribution in [-0.2, 0) is 20.8 Å². The predicted molar refractivity (Wildman–Crippen MR) is 168 cm³/mol. The van der Waals surface area contributed by atoms with Crippen LogP contribution in [0.5, 0.6) is 23.0 Å². The van der Waals surface area contributed by atoms with Crippen LogP contribution in [0.2, 0.25) is 0 Å². The summed E-state index contributed by atoms with van der Waals surface area (Å²) in [6.07, 6.45) is 1.75. The summed E-state index contributed by atoms with van der Waals surface area (Å²) in [5, 5.41) is 4.25. The number of methoxy groups -OCH3 is 1. The number of fused-ring (bicyclic) bond motifs is 4. The van der Waals surface area contributed by atoms with Gasteiger partial charge < -0.3 is 48.3 Å². The van der Waals surface area contributed by atoms with E-state index in [0.29, 0.717) is 100.0 Å². The molecule has 2 aliphatic heterocycles. The number of benzene rings is 2. The molecular weight excluding hydrogens is 582 g/mol. The summed E-state index contributed by atoms with van der Waals surface area (Å²) in [7, 11) is 3.65. The van der Waals surface area contributed by atoms with Crippen molar-refractivity contribution in [3.63, 3.8) is 0 Å². The fourth-order valence-electron chi connectivity index (χ4n) is 4.96. The van der Waals surface area contributed by atoms with Gasteiger partial charge in [-0.3, -0.25) is 0 Å². The fraction of sp³-hybridized carbons (Fsp3) is 0.531. The molecule has 0 unspecified atom stereocenters. The average Bonchev–Trinajstić information content (AvgIpc) is 3.48. The summed E-state index contributed by atoms with van der Waals surface area (Å²) in [4.78, 5) is 26.1. The third-order valence-corrected chi connectivity index (χ3v) is 7.16. The number of carbonyl (C=O) groups is 1. The van der Waals surface area contributed by atoms with Crippen LogP contribution < -0.4 is 24.3 Å². The third kappa shape index (κ3) is 8.56. The Morgan fingerprint density at radius 2 is 1.84 bits per heavy atom. The summed E-state index contributed by atoms with van der Waals surface area (Å²) in [6.45, 7) is 9.93. The number of hydrogen-bond donors (Lipinski definition) is 1. The van der Waals surface area contributed by atoms with Crippen molar-refractivity contribution >= 4 is 28.5 Å². The SMILES string of the molecule is COCCOCCOc1cc2ncnc3c2cc1OCCCN(C(=O)OC(C)(C)C)CCN(C)Cc1ccc2c(c1N3)OCO2. The number of anilines is 2. The first-order valence-electron chi connectivity index (χ1n) is 15.2. The quantitative estimate of drug-likeness (QED) is 0.369. The molecule has 3 aromatic rings. The summed E-state index contributed by atoms with van der Waals surface area (Å²) >= 11 is 0. The first-order chi connectivity index (χ1) is 21.7. The molecule has 13 heteroatoms. The Labute approximate surface area is 263 Å². The zero-order valence-corrected chi connectivity index (χ0v) is 26.7. The molecule has 13 nitrogen and oxygen atoms in total. The number of hydrogen-bond acceptors (Lipinski definition) is 12. The Hall–Kier alpha value is -4.07. The lowest BCUT2D eigenvalue weighted by molar-refractivity contribution is 0.0227. The normalized spacial score (nSPS) is 15.8. The molecule has 0 fully saturated rings. The van der Waals surface area contributed by atoms with E-state index in [1.54, 1.807) is 12.0 Å². The van der Waals surface area contributed by atoms with Crippen LogP contribution in [0.15, 0.2) is 30.6 Å². The monoisotopic (exact) mass is 625 g/mol. The summed E-state index contributed by atoms with van der Waals surface area (Å²) in [5.41, 5.74) is 1.81. The lowest BCUT2D eigenvalue weighted by Gasteiger charge is -2.29. The number of ether oxygens (including phenoxy) is 7. The van der Waals surface area contributed by atoms with Gasteiger partial charge in [-0.05, 0) is 51.9 Å². The van der Waals surface area contributed by atoms with Crippen molar-refractivity contribution < 1.29 is 38.0 Å². The number of likely N-dealkylation sites (N-methyl/N-ethyl adjacent to an activating group) is 1. The van der Waals surface area contributed by atoms with E-state index in [9.17, 15) is 4.79 Å². The van der Waals surface area contributed by atoms with Crippen molar-refractivity contribution in [2.24, 2.45) is 0 Å². The minimum Gasteiger partial charge on any atom is -0.490 e. The van der Waals surface area contributed by atoms with Crippen molar-refractivity contribution in [3.05, 3.63) is 36.2 Å². The van der Waals surface area contributed by atoms with Gasteiger partial charge in [-0.25, -0.2) is 14.8 Å². The first kappa shape index (κ1) is 32.3. The van der Waals surface area contributed by atoms with Crippen molar-refractivity contribution in [1.82, 2.24) is 19.8 Å². The standard InChI is InChI=1S/C32H43N5O8/c1-32(2,3)45-31(38)37-9-6-12-41-26-17-23-24(18-27(26)42-16-15-40-14-13-39-5)33-20-34-30(23)35-28-22(19-36(4)10-11-37)7-8-25-29(28)44-21-43-25/h7-8,17-18,20H,6,9-16,19,21H2,1-5H3,(H,33,34,35). The molecule has 2 aromatic carbocycles. The highest BCUT2D eigenvalue weighted by Crippen LogP contribution is 2.44. The van der Waals surface area contributed by atoms with Gasteiger partial charge in [-0.2, -0.15) is 0 Å². The van der Waals surface area contributed by atoms with E-state index in [0.717, 1.165) is 16.6 Å². The van der Waals surface area contributed by atoms with Gasteiger partial charge in [-0.1, -0.05) is 6.07 Å². The number of amides is 1. The van der Waals surface area contributed by atoms with E-state index in [1.807, 2.05) is 52.1 Å². The van der Waals surface area contributed by atoms with Crippen molar-refractivity contribution in [1.29, 1.82) is 0 Å². The second-order valence-electron chi connectivity index (χ2n) is 11.9. The van der Waals surface area contributed by atoms with Gasteiger partial charge in [0.25, 0.3) is 0 Å². The molecule has 1 amide bonds. The Bertz CT molecular complexity index is 1460. The van der Waals surface area contributed by atoms with Crippen LogP contribution in [0.3, 0.4) is 0 Å². The van der Waals surface area contributed by atoms with Crippen LogP contribution >= 0.6 is 0 Å². The molecule has 2 aliphatic rings. The van der Waals surface area contributed by atoms with E-state index >= 15 is 0 Å². The molecule has 0 aliphatic carbocycles. The minimum atomic E-state index is -0.605. The molecule has 2 bridgehead atoms. The second-order valence-corrected chi connectivity index (χ2v) is 11.9. The maximum absolute atomic E-state index is 13.1. The first-order valence-corrected chi connectivity index (χ1v) is 15.2. The maximum Gasteiger partial charge on any atom is 0.410 e. The summed E-state index contributed by atoms with van der Waals surface area (Å²) < 4.78 is 40.3. The highest BCUT2D eigenvalue weighted by molar-refractivity contribution is 5.94. The van der Waals surface area contributed by atoms with Crippen molar-refractivity contribution in [3.8, 4) is 23.0 Å². The average molecular weight is 626 g/mol. The highest BCUT2D eigenvalue weighted by atomic mass is 16.7.